The minimum atomic E-state index is -0.0734. The van der Waals surface area contributed by atoms with Crippen molar-refractivity contribution < 1.29 is 9.32 Å². The number of piperazine rings is 1. The number of amides is 1. The number of carbonyl (C=O) groups is 1. The lowest BCUT2D eigenvalue weighted by molar-refractivity contribution is 0.0623. The van der Waals surface area contributed by atoms with E-state index in [1.807, 2.05) is 25.7 Å². The number of rotatable bonds is 4. The second kappa shape index (κ2) is 7.72. The Morgan fingerprint density at radius 3 is 2.62 bits per heavy atom. The Balaban J connectivity index is 1.44. The number of nitrogens with zero attached hydrogens (tertiary/aromatic N) is 4. The van der Waals surface area contributed by atoms with Crippen LogP contribution in [0.2, 0.25) is 0 Å². The maximum Gasteiger partial charge on any atom is 0.259 e. The second-order valence-electron chi connectivity index (χ2n) is 7.46. The Morgan fingerprint density at radius 2 is 1.93 bits per heavy atom. The lowest BCUT2D eigenvalue weighted by Crippen LogP contribution is -2.48. The van der Waals surface area contributed by atoms with Crippen molar-refractivity contribution in [2.75, 3.05) is 26.2 Å². The zero-order valence-corrected chi connectivity index (χ0v) is 18.0. The van der Waals surface area contributed by atoms with Crippen LogP contribution in [0.1, 0.15) is 45.0 Å². The van der Waals surface area contributed by atoms with E-state index in [4.69, 9.17) is 4.52 Å². The van der Waals surface area contributed by atoms with Crippen LogP contribution < -0.4 is 5.56 Å². The van der Waals surface area contributed by atoms with Gasteiger partial charge in [-0.1, -0.05) is 12.1 Å². The van der Waals surface area contributed by atoms with E-state index in [9.17, 15) is 9.59 Å². The Bertz CT molecular complexity index is 1120. The predicted octanol–water partition coefficient (Wildman–Crippen LogP) is 2.42. The molecule has 8 nitrogen and oxygen atoms in total. The fraction of sp³-hybridized carbons (Fsp3) is 0.500. The summed E-state index contributed by atoms with van der Waals surface area (Å²) < 4.78 is 5.21. The standard InChI is InChI=1S/C20H25N5O3S/c1-5-14-17(12(3)28-23-14)20(27)25-8-6-24(7-9-25)10-15-21-18(26)16-11(2)13(4)29-19(16)22-15/h5-10H2,1-4H3,(H,21,22,26). The molecule has 29 heavy (non-hydrogen) atoms. The van der Waals surface area contributed by atoms with Crippen LogP contribution in [-0.2, 0) is 13.0 Å². The highest BCUT2D eigenvalue weighted by Gasteiger charge is 2.27. The molecule has 1 aliphatic rings. The van der Waals surface area contributed by atoms with Gasteiger partial charge in [-0.2, -0.15) is 0 Å². The number of fused-ring (bicyclic) bond motifs is 1. The van der Waals surface area contributed by atoms with Crippen molar-refractivity contribution in [3.05, 3.63) is 43.6 Å². The SMILES string of the molecule is CCc1noc(C)c1C(=O)N1CCN(Cc2nc3sc(C)c(C)c3c(=O)[nH]2)CC1. The van der Waals surface area contributed by atoms with Crippen molar-refractivity contribution in [2.45, 2.75) is 40.7 Å². The number of nitrogens with one attached hydrogen (secondary N) is 1. The number of thiophene rings is 1. The average Bonchev–Trinajstić information content (AvgIpc) is 3.21. The molecule has 4 rings (SSSR count). The van der Waals surface area contributed by atoms with Gasteiger partial charge in [0, 0.05) is 31.1 Å². The van der Waals surface area contributed by atoms with E-state index in [0.717, 1.165) is 28.4 Å². The van der Waals surface area contributed by atoms with Gasteiger partial charge in [-0.15, -0.1) is 11.3 Å². The first-order chi connectivity index (χ1) is 13.9. The number of hydrogen-bond acceptors (Lipinski definition) is 7. The Labute approximate surface area is 172 Å². The third kappa shape index (κ3) is 3.60. The van der Waals surface area contributed by atoms with Crippen LogP contribution >= 0.6 is 11.3 Å². The topological polar surface area (TPSA) is 95.3 Å². The molecule has 3 aromatic heterocycles. The minimum absolute atomic E-state index is 0.0160. The summed E-state index contributed by atoms with van der Waals surface area (Å²) in [6.45, 7) is 11.0. The fourth-order valence-electron chi connectivity index (χ4n) is 3.79. The number of aromatic nitrogens is 3. The smallest absolute Gasteiger partial charge is 0.259 e. The van der Waals surface area contributed by atoms with Crippen molar-refractivity contribution in [3.63, 3.8) is 0 Å². The number of hydrogen-bond donors (Lipinski definition) is 1. The van der Waals surface area contributed by atoms with E-state index < -0.39 is 0 Å². The van der Waals surface area contributed by atoms with Gasteiger partial charge in [0.2, 0.25) is 0 Å². The monoisotopic (exact) mass is 415 g/mol. The van der Waals surface area contributed by atoms with E-state index in [-0.39, 0.29) is 11.5 Å². The quantitative estimate of drug-likeness (QED) is 0.703. The third-order valence-electron chi connectivity index (χ3n) is 5.60. The van der Waals surface area contributed by atoms with E-state index in [1.54, 1.807) is 18.3 Å². The normalized spacial score (nSPS) is 15.4. The molecule has 0 aromatic carbocycles. The summed E-state index contributed by atoms with van der Waals surface area (Å²) in [5.74, 6) is 1.23. The Kier molecular flexibility index (Phi) is 5.26. The summed E-state index contributed by atoms with van der Waals surface area (Å²) in [5, 5.41) is 4.68. The van der Waals surface area contributed by atoms with Gasteiger partial charge < -0.3 is 14.4 Å². The first kappa shape index (κ1) is 19.8. The summed E-state index contributed by atoms with van der Waals surface area (Å²) in [6, 6.07) is 0. The van der Waals surface area contributed by atoms with Crippen molar-refractivity contribution in [3.8, 4) is 0 Å². The summed E-state index contributed by atoms with van der Waals surface area (Å²) in [7, 11) is 0. The third-order valence-corrected chi connectivity index (χ3v) is 6.70. The second-order valence-corrected chi connectivity index (χ2v) is 8.66. The lowest BCUT2D eigenvalue weighted by atomic mass is 10.1. The Hall–Kier alpha value is -2.52. The highest BCUT2D eigenvalue weighted by atomic mass is 32.1. The van der Waals surface area contributed by atoms with E-state index in [0.29, 0.717) is 54.3 Å². The van der Waals surface area contributed by atoms with Crippen LogP contribution in [0, 0.1) is 20.8 Å². The van der Waals surface area contributed by atoms with E-state index in [2.05, 4.69) is 20.0 Å². The molecule has 1 saturated heterocycles. The maximum absolute atomic E-state index is 12.9. The van der Waals surface area contributed by atoms with Crippen molar-refractivity contribution in [2.24, 2.45) is 0 Å². The van der Waals surface area contributed by atoms with Crippen LogP contribution in [0.5, 0.6) is 0 Å². The molecule has 0 radical (unpaired) electrons. The molecule has 0 atom stereocenters. The van der Waals surface area contributed by atoms with Gasteiger partial charge in [0.15, 0.2) is 0 Å². The molecule has 154 valence electrons. The first-order valence-electron chi connectivity index (χ1n) is 9.84. The molecule has 0 unspecified atom stereocenters. The van der Waals surface area contributed by atoms with Crippen molar-refractivity contribution in [1.82, 2.24) is 24.9 Å². The number of H-pyrrole nitrogens is 1. The van der Waals surface area contributed by atoms with Gasteiger partial charge in [-0.25, -0.2) is 4.98 Å². The van der Waals surface area contributed by atoms with Gasteiger partial charge in [0.1, 0.15) is 22.0 Å². The summed E-state index contributed by atoms with van der Waals surface area (Å²) in [6.07, 6.45) is 0.668. The molecule has 1 aliphatic heterocycles. The molecule has 0 saturated carbocycles. The largest absolute Gasteiger partial charge is 0.361 e. The molecule has 4 heterocycles. The molecule has 1 amide bonds. The van der Waals surface area contributed by atoms with Crippen LogP contribution in [0.3, 0.4) is 0 Å². The highest BCUT2D eigenvalue weighted by molar-refractivity contribution is 7.18. The van der Waals surface area contributed by atoms with Gasteiger partial charge in [-0.3, -0.25) is 14.5 Å². The number of carbonyl (C=O) groups excluding carboxylic acids is 1. The first-order valence-corrected chi connectivity index (χ1v) is 10.7. The van der Waals surface area contributed by atoms with Gasteiger partial charge in [0.05, 0.1) is 17.6 Å². The van der Waals surface area contributed by atoms with E-state index in [1.165, 1.54) is 0 Å². The van der Waals surface area contributed by atoms with Crippen LogP contribution in [0.15, 0.2) is 9.32 Å². The molecule has 1 fully saturated rings. The molecular formula is C20H25N5O3S. The summed E-state index contributed by atoms with van der Waals surface area (Å²) >= 11 is 1.56. The number of aromatic amines is 1. The number of aryl methyl sites for hydroxylation is 4. The fourth-order valence-corrected chi connectivity index (χ4v) is 4.84. The lowest BCUT2D eigenvalue weighted by Gasteiger charge is -2.34. The Morgan fingerprint density at radius 1 is 1.21 bits per heavy atom. The maximum atomic E-state index is 12.9. The average molecular weight is 416 g/mol. The zero-order chi connectivity index (χ0) is 20.7. The molecule has 0 bridgehead atoms. The summed E-state index contributed by atoms with van der Waals surface area (Å²) in [4.78, 5) is 38.9. The van der Waals surface area contributed by atoms with Crippen LogP contribution in [-0.4, -0.2) is 57.0 Å². The van der Waals surface area contributed by atoms with Gasteiger partial charge >= 0.3 is 0 Å². The van der Waals surface area contributed by atoms with Gasteiger partial charge in [-0.05, 0) is 32.8 Å². The zero-order valence-electron chi connectivity index (χ0n) is 17.2. The molecule has 0 spiro atoms. The molecule has 0 aliphatic carbocycles. The van der Waals surface area contributed by atoms with Crippen LogP contribution in [0.4, 0.5) is 0 Å². The molecule has 3 aromatic rings. The van der Waals surface area contributed by atoms with Crippen LogP contribution in [0.25, 0.3) is 10.2 Å². The highest BCUT2D eigenvalue weighted by Crippen LogP contribution is 2.26. The van der Waals surface area contributed by atoms with E-state index >= 15 is 0 Å². The predicted molar refractivity (Wildman–Crippen MR) is 112 cm³/mol. The molecule has 9 heteroatoms. The minimum Gasteiger partial charge on any atom is -0.361 e. The molecule has 1 N–H and O–H groups in total. The van der Waals surface area contributed by atoms with Crippen molar-refractivity contribution >= 4 is 27.5 Å². The molecular weight excluding hydrogens is 390 g/mol. The van der Waals surface area contributed by atoms with Crippen molar-refractivity contribution in [1.29, 1.82) is 0 Å². The van der Waals surface area contributed by atoms with Gasteiger partial charge in [0.25, 0.3) is 11.5 Å². The summed E-state index contributed by atoms with van der Waals surface area (Å²) in [5.41, 5.74) is 2.25.